The van der Waals surface area contributed by atoms with E-state index in [2.05, 4.69) is 6.92 Å². The lowest BCUT2D eigenvalue weighted by Gasteiger charge is -2.12. The highest BCUT2D eigenvalue weighted by atomic mass is 35.5. The lowest BCUT2D eigenvalue weighted by atomic mass is 10.0. The van der Waals surface area contributed by atoms with E-state index in [1.807, 2.05) is 0 Å². The van der Waals surface area contributed by atoms with Crippen molar-refractivity contribution in [1.29, 1.82) is 0 Å². The molecule has 0 unspecified atom stereocenters. The number of halogens is 4. The Hall–Kier alpha value is -1.56. The quantitative estimate of drug-likeness (QED) is 0.358. The van der Waals surface area contributed by atoms with Crippen LogP contribution in [-0.2, 0) is 11.2 Å². The van der Waals surface area contributed by atoms with Crippen molar-refractivity contribution in [2.45, 2.75) is 70.9 Å². The van der Waals surface area contributed by atoms with Crippen LogP contribution in [0.15, 0.2) is 18.2 Å². The molecule has 0 aliphatic carbocycles. The minimum absolute atomic E-state index is 0.149. The summed E-state index contributed by atoms with van der Waals surface area (Å²) in [5, 5.41) is 0.818. The normalized spacial score (nSPS) is 11.4. The predicted molar refractivity (Wildman–Crippen MR) is 97.6 cm³/mol. The molecular weight excluding hydrogens is 367 g/mol. The molecule has 0 fully saturated rings. The van der Waals surface area contributed by atoms with Crippen molar-refractivity contribution in [3.05, 3.63) is 29.3 Å². The number of hydrogen-bond donors (Lipinski definition) is 1. The molecule has 0 aliphatic rings. The third-order valence-electron chi connectivity index (χ3n) is 4.12. The average Bonchev–Trinajstić information content (AvgIpc) is 2.56. The summed E-state index contributed by atoms with van der Waals surface area (Å²) in [6, 6.07) is 4.39. The number of unbranched alkanes of at least 4 members (excludes halogenated alkanes) is 7. The van der Waals surface area contributed by atoms with Gasteiger partial charge in [-0.05, 0) is 42.1 Å². The van der Waals surface area contributed by atoms with E-state index in [0.29, 0.717) is 6.42 Å². The molecule has 0 bridgehead atoms. The smallest absolute Gasteiger partial charge is 0.318 e. The van der Waals surface area contributed by atoms with Crippen molar-refractivity contribution >= 4 is 28.4 Å². The molecule has 0 aliphatic heterocycles. The number of nitrogens with one attached hydrogen (secondary N) is 1. The third kappa shape index (κ3) is 8.21. The fourth-order valence-corrected chi connectivity index (χ4v) is 2.84. The van der Waals surface area contributed by atoms with Crippen LogP contribution in [0.2, 0.25) is 0 Å². The van der Waals surface area contributed by atoms with Gasteiger partial charge in [0.25, 0.3) is 5.24 Å². The van der Waals surface area contributed by atoms with Gasteiger partial charge in [-0.15, -0.1) is 0 Å². The second-order valence-corrected chi connectivity index (χ2v) is 6.67. The van der Waals surface area contributed by atoms with E-state index >= 15 is 0 Å². The van der Waals surface area contributed by atoms with Gasteiger partial charge in [0, 0.05) is 0 Å². The summed E-state index contributed by atoms with van der Waals surface area (Å²) in [5.74, 6) is -2.12. The van der Waals surface area contributed by atoms with Crippen molar-refractivity contribution in [2.75, 3.05) is 5.32 Å². The molecule has 1 aromatic carbocycles. The zero-order valence-corrected chi connectivity index (χ0v) is 15.7. The topological polar surface area (TPSA) is 46.2 Å². The summed E-state index contributed by atoms with van der Waals surface area (Å²) in [6.45, 7) is 2.18. The first kappa shape index (κ1) is 22.5. The maximum atomic E-state index is 12.4. The number of carbonyl (C=O) groups excluding carboxylic acids is 2. The SMILES string of the molecule is CCCCCCCCCCc1ccc(C(=O)Cl)c(NC(=O)C(F)(F)F)c1. The Bertz CT molecular complexity index is 603. The summed E-state index contributed by atoms with van der Waals surface area (Å²) in [5.41, 5.74) is 0.406. The van der Waals surface area contributed by atoms with Crippen molar-refractivity contribution in [3.8, 4) is 0 Å². The van der Waals surface area contributed by atoms with E-state index in [9.17, 15) is 22.8 Å². The Labute approximate surface area is 157 Å². The molecule has 0 radical (unpaired) electrons. The Kier molecular flexibility index (Phi) is 9.70. The number of alkyl halides is 3. The van der Waals surface area contributed by atoms with Crippen LogP contribution in [0.4, 0.5) is 18.9 Å². The maximum absolute atomic E-state index is 12.4. The van der Waals surface area contributed by atoms with Gasteiger partial charge in [0.2, 0.25) is 0 Å². The molecular formula is C19H25ClF3NO2. The molecule has 1 aromatic rings. The van der Waals surface area contributed by atoms with Crippen LogP contribution in [0.3, 0.4) is 0 Å². The van der Waals surface area contributed by atoms with Crippen LogP contribution in [0.25, 0.3) is 0 Å². The molecule has 0 spiro atoms. The summed E-state index contributed by atoms with van der Waals surface area (Å²) >= 11 is 5.38. The highest BCUT2D eigenvalue weighted by Crippen LogP contribution is 2.24. The van der Waals surface area contributed by atoms with E-state index in [-0.39, 0.29) is 11.3 Å². The average molecular weight is 392 g/mol. The third-order valence-corrected chi connectivity index (χ3v) is 4.32. The van der Waals surface area contributed by atoms with Gasteiger partial charge in [-0.2, -0.15) is 13.2 Å². The minimum Gasteiger partial charge on any atom is -0.318 e. The second kappa shape index (κ2) is 11.2. The summed E-state index contributed by atoms with van der Waals surface area (Å²) in [6.07, 6.45) is 4.85. The Morgan fingerprint density at radius 2 is 1.58 bits per heavy atom. The Balaban J connectivity index is 2.58. The second-order valence-electron chi connectivity index (χ2n) is 6.33. The zero-order valence-electron chi connectivity index (χ0n) is 14.9. The molecule has 0 saturated carbocycles. The highest BCUT2D eigenvalue weighted by Gasteiger charge is 2.39. The molecule has 1 rings (SSSR count). The van der Waals surface area contributed by atoms with Gasteiger partial charge in [0.15, 0.2) is 0 Å². The Morgan fingerprint density at radius 1 is 1.00 bits per heavy atom. The van der Waals surface area contributed by atoms with Gasteiger partial charge >= 0.3 is 12.1 Å². The van der Waals surface area contributed by atoms with E-state index in [0.717, 1.165) is 24.8 Å². The summed E-state index contributed by atoms with van der Waals surface area (Å²) < 4.78 is 37.3. The molecule has 0 aromatic heterocycles. The lowest BCUT2D eigenvalue weighted by Crippen LogP contribution is -2.30. The lowest BCUT2D eigenvalue weighted by molar-refractivity contribution is -0.167. The van der Waals surface area contributed by atoms with Crippen LogP contribution in [-0.4, -0.2) is 17.3 Å². The summed E-state index contributed by atoms with van der Waals surface area (Å²) in [7, 11) is 0. The van der Waals surface area contributed by atoms with Gasteiger partial charge in [-0.3, -0.25) is 9.59 Å². The van der Waals surface area contributed by atoms with E-state index < -0.39 is 17.3 Å². The van der Waals surface area contributed by atoms with Crippen LogP contribution in [0.5, 0.6) is 0 Å². The van der Waals surface area contributed by atoms with Crippen molar-refractivity contribution in [1.82, 2.24) is 0 Å². The molecule has 7 heteroatoms. The number of carbonyl (C=O) groups is 2. The molecule has 1 amide bonds. The number of hydrogen-bond acceptors (Lipinski definition) is 2. The van der Waals surface area contributed by atoms with Gasteiger partial charge < -0.3 is 5.32 Å². The standard InChI is InChI=1S/C19H25ClF3NO2/c1-2-3-4-5-6-7-8-9-10-14-11-12-15(17(20)25)16(13-14)24-18(26)19(21,22)23/h11-13H,2-10H2,1H3,(H,24,26). The fraction of sp³-hybridized carbons (Fsp3) is 0.579. The largest absolute Gasteiger partial charge is 0.471 e. The molecule has 26 heavy (non-hydrogen) atoms. The van der Waals surface area contributed by atoms with Crippen molar-refractivity contribution < 1.29 is 22.8 Å². The monoisotopic (exact) mass is 391 g/mol. The number of aryl methyl sites for hydroxylation is 1. The minimum atomic E-state index is -5.03. The van der Waals surface area contributed by atoms with Crippen molar-refractivity contribution in [3.63, 3.8) is 0 Å². The van der Waals surface area contributed by atoms with Crippen LogP contribution in [0, 0.1) is 0 Å². The summed E-state index contributed by atoms with van der Waals surface area (Å²) in [4.78, 5) is 22.5. The van der Waals surface area contributed by atoms with Crippen LogP contribution >= 0.6 is 11.6 Å². The molecule has 0 heterocycles. The number of rotatable bonds is 11. The van der Waals surface area contributed by atoms with Crippen LogP contribution < -0.4 is 5.32 Å². The fourth-order valence-electron chi connectivity index (χ4n) is 2.68. The first-order valence-corrected chi connectivity index (χ1v) is 9.34. The van der Waals surface area contributed by atoms with E-state index in [1.165, 1.54) is 44.2 Å². The van der Waals surface area contributed by atoms with Gasteiger partial charge in [0.05, 0.1) is 11.3 Å². The first-order chi connectivity index (χ1) is 12.3. The van der Waals surface area contributed by atoms with Gasteiger partial charge in [-0.25, -0.2) is 0 Å². The first-order valence-electron chi connectivity index (χ1n) is 8.96. The Morgan fingerprint density at radius 3 is 2.12 bits per heavy atom. The van der Waals surface area contributed by atoms with Gasteiger partial charge in [-0.1, -0.05) is 57.9 Å². The number of amides is 1. The molecule has 3 nitrogen and oxygen atoms in total. The van der Waals surface area contributed by atoms with E-state index in [1.54, 1.807) is 11.4 Å². The maximum Gasteiger partial charge on any atom is 0.471 e. The molecule has 146 valence electrons. The molecule has 0 atom stereocenters. The van der Waals surface area contributed by atoms with E-state index in [4.69, 9.17) is 11.6 Å². The van der Waals surface area contributed by atoms with Crippen LogP contribution in [0.1, 0.15) is 74.2 Å². The number of benzene rings is 1. The zero-order chi connectivity index (χ0) is 19.6. The molecule has 0 saturated heterocycles. The molecule has 1 N–H and O–H groups in total. The predicted octanol–water partition coefficient (Wildman–Crippen LogP) is 6.25. The van der Waals surface area contributed by atoms with Crippen molar-refractivity contribution in [2.24, 2.45) is 0 Å². The number of anilines is 1. The van der Waals surface area contributed by atoms with Gasteiger partial charge in [0.1, 0.15) is 0 Å². The highest BCUT2D eigenvalue weighted by molar-refractivity contribution is 6.68.